The summed E-state index contributed by atoms with van der Waals surface area (Å²) in [5, 5.41) is 2.89. The first-order valence-corrected chi connectivity index (χ1v) is 9.07. The Morgan fingerprint density at radius 1 is 1.11 bits per heavy atom. The first-order chi connectivity index (χ1) is 13.3. The normalized spacial score (nSPS) is 12.3. The molecule has 0 radical (unpaired) electrons. The van der Waals surface area contributed by atoms with Crippen LogP contribution in [0.2, 0.25) is 0 Å². The topological polar surface area (TPSA) is 74.8 Å². The summed E-state index contributed by atoms with van der Waals surface area (Å²) in [6, 6.07) is 9.99. The zero-order valence-electron chi connectivity index (χ0n) is 15.6. The molecule has 2 N–H and O–H groups in total. The molecule has 3 aromatic rings. The molecule has 1 atom stereocenters. The highest BCUT2D eigenvalue weighted by atomic mass is 19.1. The average Bonchev–Trinajstić information content (AvgIpc) is 3.07. The number of carbonyl (C=O) groups is 2. The van der Waals surface area contributed by atoms with Crippen LogP contribution in [0.5, 0.6) is 0 Å². The van der Waals surface area contributed by atoms with E-state index in [9.17, 15) is 18.4 Å². The predicted molar refractivity (Wildman–Crippen MR) is 102 cm³/mol. The van der Waals surface area contributed by atoms with Gasteiger partial charge in [-0.25, -0.2) is 13.8 Å². The lowest BCUT2D eigenvalue weighted by molar-refractivity contribution is -0.122. The van der Waals surface area contributed by atoms with Crippen LogP contribution in [0.4, 0.5) is 8.78 Å². The number of carbonyl (C=O) groups excluding carboxylic acids is 2. The fourth-order valence-electron chi connectivity index (χ4n) is 2.99. The predicted octanol–water partition coefficient (Wildman–Crippen LogP) is 4.32. The monoisotopic (exact) mass is 385 g/mol. The second-order valence-electron chi connectivity index (χ2n) is 6.98. The van der Waals surface area contributed by atoms with Gasteiger partial charge in [0.25, 0.3) is 0 Å². The van der Waals surface area contributed by atoms with Crippen LogP contribution >= 0.6 is 0 Å². The fourth-order valence-corrected chi connectivity index (χ4v) is 2.99. The van der Waals surface area contributed by atoms with Crippen LogP contribution in [0.15, 0.2) is 42.5 Å². The van der Waals surface area contributed by atoms with Crippen molar-refractivity contribution in [3.8, 4) is 0 Å². The van der Waals surface area contributed by atoms with E-state index >= 15 is 0 Å². The Labute approximate surface area is 161 Å². The van der Waals surface area contributed by atoms with Crippen molar-refractivity contribution >= 4 is 22.7 Å². The minimum absolute atomic E-state index is 0.0646. The summed E-state index contributed by atoms with van der Waals surface area (Å²) in [7, 11) is 0. The summed E-state index contributed by atoms with van der Waals surface area (Å²) in [5.41, 5.74) is 1.46. The van der Waals surface area contributed by atoms with Crippen molar-refractivity contribution in [2.45, 2.75) is 32.7 Å². The van der Waals surface area contributed by atoms with Crippen molar-refractivity contribution in [2.24, 2.45) is 5.92 Å². The number of aromatic amines is 1. The Morgan fingerprint density at radius 3 is 2.54 bits per heavy atom. The number of nitrogens with one attached hydrogen (secondary N) is 2. The third-order valence-electron chi connectivity index (χ3n) is 4.50. The Kier molecular flexibility index (Phi) is 5.82. The minimum atomic E-state index is -0.923. The smallest absolute Gasteiger partial charge is 0.221 e. The molecule has 0 unspecified atom stereocenters. The van der Waals surface area contributed by atoms with Gasteiger partial charge < -0.3 is 10.3 Å². The third kappa shape index (κ3) is 4.42. The average molecular weight is 385 g/mol. The summed E-state index contributed by atoms with van der Waals surface area (Å²) in [6.07, 6.45) is -0.265. The molecule has 7 heteroatoms. The number of benzene rings is 2. The maximum Gasteiger partial charge on any atom is 0.221 e. The quantitative estimate of drug-likeness (QED) is 0.595. The van der Waals surface area contributed by atoms with Crippen molar-refractivity contribution in [3.63, 3.8) is 0 Å². The molecule has 5 nitrogen and oxygen atoms in total. The van der Waals surface area contributed by atoms with Gasteiger partial charge in [-0.1, -0.05) is 26.0 Å². The molecular weight excluding hydrogens is 364 g/mol. The van der Waals surface area contributed by atoms with Crippen molar-refractivity contribution < 1.29 is 18.4 Å². The van der Waals surface area contributed by atoms with Crippen LogP contribution in [0, 0.1) is 17.6 Å². The number of nitrogens with zero attached hydrogens (tertiary/aromatic N) is 1. The van der Waals surface area contributed by atoms with E-state index in [0.717, 1.165) is 23.2 Å². The van der Waals surface area contributed by atoms with Gasteiger partial charge in [0.15, 0.2) is 5.78 Å². The highest BCUT2D eigenvalue weighted by Crippen LogP contribution is 2.22. The highest BCUT2D eigenvalue weighted by Gasteiger charge is 2.22. The maximum absolute atomic E-state index is 13.7. The number of amides is 1. The number of hydrogen-bond acceptors (Lipinski definition) is 3. The summed E-state index contributed by atoms with van der Waals surface area (Å²) in [6.45, 7) is 3.91. The Hall–Kier alpha value is -3.09. The molecule has 1 amide bonds. The number of H-pyrrole nitrogens is 1. The van der Waals surface area contributed by atoms with E-state index in [1.807, 2.05) is 38.1 Å². The van der Waals surface area contributed by atoms with Gasteiger partial charge in [0, 0.05) is 18.9 Å². The van der Waals surface area contributed by atoms with Gasteiger partial charge in [-0.15, -0.1) is 0 Å². The number of hydrogen-bond donors (Lipinski definition) is 2. The number of para-hydroxylation sites is 2. The van der Waals surface area contributed by atoms with Gasteiger partial charge in [0.1, 0.15) is 17.5 Å². The van der Waals surface area contributed by atoms with Crippen molar-refractivity contribution in [3.05, 3.63) is 65.5 Å². The van der Waals surface area contributed by atoms with Crippen molar-refractivity contribution in [1.29, 1.82) is 0 Å². The Balaban J connectivity index is 1.65. The lowest BCUT2D eigenvalue weighted by Crippen LogP contribution is -2.32. The number of Topliss-reactive ketones (excluding diaryl/α,β-unsaturated/α-hetero) is 1. The van der Waals surface area contributed by atoms with Gasteiger partial charge in [-0.3, -0.25) is 9.59 Å². The standard InChI is InChI=1S/C21H21F2N3O2/c1-12(2)20(21-24-16-5-3-4-6-17(16)25-21)26-19(28)10-9-18(27)14-8-7-13(22)11-15(14)23/h3-8,11-12,20H,9-10H2,1-2H3,(H,24,25)(H,26,28)/t20-/m1/s1. The number of imidazole rings is 1. The molecule has 0 fully saturated rings. The van der Waals surface area contributed by atoms with Crippen LogP contribution in [-0.4, -0.2) is 21.7 Å². The zero-order valence-corrected chi connectivity index (χ0v) is 15.6. The number of ketones is 1. The van der Waals surface area contributed by atoms with E-state index in [4.69, 9.17) is 0 Å². The second kappa shape index (κ2) is 8.29. The molecule has 0 aliphatic carbocycles. The molecule has 146 valence electrons. The maximum atomic E-state index is 13.7. The molecule has 0 aliphatic rings. The molecular formula is C21H21F2N3O2. The van der Waals surface area contributed by atoms with Crippen LogP contribution in [0.1, 0.15) is 48.9 Å². The van der Waals surface area contributed by atoms with Crippen LogP contribution in [0.25, 0.3) is 11.0 Å². The van der Waals surface area contributed by atoms with E-state index in [-0.39, 0.29) is 36.3 Å². The van der Waals surface area contributed by atoms with Crippen molar-refractivity contribution in [2.75, 3.05) is 0 Å². The van der Waals surface area contributed by atoms with Gasteiger partial charge in [-0.05, 0) is 30.2 Å². The number of rotatable bonds is 7. The number of fused-ring (bicyclic) bond motifs is 1. The summed E-state index contributed by atoms with van der Waals surface area (Å²) in [5.74, 6) is -1.85. The second-order valence-corrected chi connectivity index (χ2v) is 6.98. The van der Waals surface area contributed by atoms with Gasteiger partial charge in [0.05, 0.1) is 22.6 Å². The lowest BCUT2D eigenvalue weighted by Gasteiger charge is -2.20. The first kappa shape index (κ1) is 19.7. The van der Waals surface area contributed by atoms with Gasteiger partial charge >= 0.3 is 0 Å². The molecule has 28 heavy (non-hydrogen) atoms. The summed E-state index contributed by atoms with van der Waals surface area (Å²) in [4.78, 5) is 32.2. The lowest BCUT2D eigenvalue weighted by atomic mass is 10.0. The molecule has 1 aromatic heterocycles. The van der Waals surface area contributed by atoms with Crippen LogP contribution in [-0.2, 0) is 4.79 Å². The largest absolute Gasteiger partial charge is 0.346 e. The molecule has 0 saturated heterocycles. The number of halogens is 2. The summed E-state index contributed by atoms with van der Waals surface area (Å²) >= 11 is 0. The summed E-state index contributed by atoms with van der Waals surface area (Å²) < 4.78 is 26.6. The van der Waals surface area contributed by atoms with Crippen LogP contribution < -0.4 is 5.32 Å². The fraction of sp³-hybridized carbons (Fsp3) is 0.286. The van der Waals surface area contributed by atoms with E-state index < -0.39 is 17.4 Å². The highest BCUT2D eigenvalue weighted by molar-refractivity contribution is 5.98. The molecule has 0 aliphatic heterocycles. The third-order valence-corrected chi connectivity index (χ3v) is 4.50. The molecule has 3 rings (SSSR count). The van der Waals surface area contributed by atoms with E-state index in [1.54, 1.807) is 0 Å². The van der Waals surface area contributed by atoms with Gasteiger partial charge in [-0.2, -0.15) is 0 Å². The minimum Gasteiger partial charge on any atom is -0.346 e. The van der Waals surface area contributed by atoms with E-state index in [2.05, 4.69) is 15.3 Å². The zero-order chi connectivity index (χ0) is 20.3. The molecule has 2 aromatic carbocycles. The molecule has 0 spiro atoms. The molecule has 1 heterocycles. The Bertz CT molecular complexity index is 981. The first-order valence-electron chi connectivity index (χ1n) is 9.07. The van der Waals surface area contributed by atoms with Crippen molar-refractivity contribution in [1.82, 2.24) is 15.3 Å². The van der Waals surface area contributed by atoms with Crippen LogP contribution in [0.3, 0.4) is 0 Å². The number of aromatic nitrogens is 2. The van der Waals surface area contributed by atoms with Gasteiger partial charge in [0.2, 0.25) is 5.91 Å². The van der Waals surface area contributed by atoms with E-state index in [1.165, 1.54) is 0 Å². The van der Waals surface area contributed by atoms with E-state index in [0.29, 0.717) is 11.9 Å². The molecule has 0 bridgehead atoms. The Morgan fingerprint density at radius 2 is 1.86 bits per heavy atom. The molecule has 0 saturated carbocycles. The SMILES string of the molecule is CC(C)[C@@H](NC(=O)CCC(=O)c1ccc(F)cc1F)c1nc2ccccc2[nH]1.